The van der Waals surface area contributed by atoms with Gasteiger partial charge in [-0.15, -0.1) is 11.8 Å². The van der Waals surface area contributed by atoms with Crippen LogP contribution in [-0.4, -0.2) is 23.5 Å². The Hall–Kier alpha value is -0.740. The van der Waals surface area contributed by atoms with Crippen molar-refractivity contribution in [3.63, 3.8) is 0 Å². The van der Waals surface area contributed by atoms with Crippen molar-refractivity contribution in [1.29, 1.82) is 0 Å². The van der Waals surface area contributed by atoms with Crippen molar-refractivity contribution in [2.45, 2.75) is 23.8 Å². The van der Waals surface area contributed by atoms with Crippen LogP contribution in [0.25, 0.3) is 0 Å². The van der Waals surface area contributed by atoms with Crippen molar-refractivity contribution in [2.75, 3.05) is 17.7 Å². The van der Waals surface area contributed by atoms with Crippen molar-refractivity contribution in [3.8, 4) is 0 Å². The summed E-state index contributed by atoms with van der Waals surface area (Å²) in [4.78, 5) is 0.982. The number of hydrogen-bond donors (Lipinski definition) is 2. The van der Waals surface area contributed by atoms with Gasteiger partial charge in [-0.05, 0) is 31.0 Å². The third-order valence-electron chi connectivity index (χ3n) is 2.45. The summed E-state index contributed by atoms with van der Waals surface area (Å²) in [6, 6.07) is 5.21. The Balaban J connectivity index is 2.03. The molecule has 1 unspecified atom stereocenters. The molecular weight excluding hydrogens is 213 g/mol. The fraction of sp³-hybridized carbons (Fsp3) is 0.455. The number of nitrogens with one attached hydrogen (secondary N) is 1. The lowest BCUT2D eigenvalue weighted by Gasteiger charge is -2.26. The number of anilines is 1. The molecule has 1 atom stereocenters. The first-order chi connectivity index (χ1) is 7.29. The monoisotopic (exact) mass is 227 g/mol. The fourth-order valence-electron chi connectivity index (χ4n) is 1.68. The largest absolute Gasteiger partial charge is 0.396 e. The highest BCUT2D eigenvalue weighted by Crippen LogP contribution is 2.34. The van der Waals surface area contributed by atoms with Gasteiger partial charge in [-0.25, -0.2) is 4.39 Å². The zero-order valence-corrected chi connectivity index (χ0v) is 9.19. The van der Waals surface area contributed by atoms with Crippen molar-refractivity contribution in [1.82, 2.24) is 0 Å². The molecule has 0 fully saturated rings. The maximum Gasteiger partial charge on any atom is 0.124 e. The van der Waals surface area contributed by atoms with Gasteiger partial charge in [-0.3, -0.25) is 0 Å². The van der Waals surface area contributed by atoms with E-state index in [4.69, 9.17) is 5.11 Å². The van der Waals surface area contributed by atoms with E-state index in [9.17, 15) is 4.39 Å². The van der Waals surface area contributed by atoms with Crippen LogP contribution in [0.15, 0.2) is 23.1 Å². The maximum absolute atomic E-state index is 12.9. The van der Waals surface area contributed by atoms with E-state index >= 15 is 0 Å². The zero-order chi connectivity index (χ0) is 10.7. The number of benzene rings is 1. The Bertz CT molecular complexity index is 345. The van der Waals surface area contributed by atoms with E-state index in [1.807, 2.05) is 0 Å². The van der Waals surface area contributed by atoms with Gasteiger partial charge in [0.15, 0.2) is 0 Å². The molecule has 4 heteroatoms. The number of rotatable bonds is 3. The van der Waals surface area contributed by atoms with Crippen LogP contribution in [0.1, 0.15) is 12.8 Å². The average Bonchev–Trinajstić information content (AvgIpc) is 2.26. The van der Waals surface area contributed by atoms with Gasteiger partial charge in [0.05, 0.1) is 0 Å². The van der Waals surface area contributed by atoms with Crippen molar-refractivity contribution in [3.05, 3.63) is 24.0 Å². The van der Waals surface area contributed by atoms with Gasteiger partial charge >= 0.3 is 0 Å². The van der Waals surface area contributed by atoms with Crippen molar-refractivity contribution < 1.29 is 9.50 Å². The number of thioether (sulfide) groups is 1. The van der Waals surface area contributed by atoms with Gasteiger partial charge in [0.1, 0.15) is 5.82 Å². The van der Waals surface area contributed by atoms with Crippen molar-refractivity contribution >= 4 is 17.4 Å². The second kappa shape index (κ2) is 4.86. The second-order valence-corrected chi connectivity index (χ2v) is 4.72. The lowest BCUT2D eigenvalue weighted by atomic mass is 10.1. The van der Waals surface area contributed by atoms with E-state index in [0.717, 1.165) is 29.2 Å². The number of fused-ring (bicyclic) bond motifs is 1. The quantitative estimate of drug-likeness (QED) is 0.832. The van der Waals surface area contributed by atoms with Crippen LogP contribution in [0.2, 0.25) is 0 Å². The molecular formula is C11H14FNOS. The number of hydrogen-bond acceptors (Lipinski definition) is 3. The smallest absolute Gasteiger partial charge is 0.124 e. The molecule has 2 nitrogen and oxygen atoms in total. The van der Waals surface area contributed by atoms with Gasteiger partial charge in [-0.1, -0.05) is 0 Å². The average molecular weight is 227 g/mol. The number of aliphatic hydroxyl groups excluding tert-OH is 1. The third kappa shape index (κ3) is 2.63. The molecule has 0 aromatic heterocycles. The maximum atomic E-state index is 12.9. The van der Waals surface area contributed by atoms with Crippen LogP contribution >= 0.6 is 11.8 Å². The summed E-state index contributed by atoms with van der Waals surface area (Å²) in [6.07, 6.45) is 1.77. The molecule has 2 rings (SSSR count). The molecule has 1 aliphatic rings. The standard InChI is InChI=1S/C11H14FNOS/c12-8-3-4-10-11(6-8)15-7-9(13-10)2-1-5-14/h3-4,6,9,13-14H,1-2,5,7H2. The summed E-state index contributed by atoms with van der Waals surface area (Å²) in [5.74, 6) is 0.757. The molecule has 0 bridgehead atoms. The highest BCUT2D eigenvalue weighted by molar-refractivity contribution is 7.99. The number of aliphatic hydroxyl groups is 1. The van der Waals surface area contributed by atoms with E-state index in [-0.39, 0.29) is 12.4 Å². The van der Waals surface area contributed by atoms with Crippen LogP contribution in [0.3, 0.4) is 0 Å². The van der Waals surface area contributed by atoms with Crippen LogP contribution in [0.4, 0.5) is 10.1 Å². The third-order valence-corrected chi connectivity index (χ3v) is 3.67. The minimum absolute atomic E-state index is 0.183. The van der Waals surface area contributed by atoms with Gasteiger partial charge in [0.2, 0.25) is 0 Å². The van der Waals surface area contributed by atoms with Gasteiger partial charge in [-0.2, -0.15) is 0 Å². The Labute approximate surface area is 92.9 Å². The van der Waals surface area contributed by atoms with Crippen molar-refractivity contribution in [2.24, 2.45) is 0 Å². The van der Waals surface area contributed by atoms with E-state index in [1.165, 1.54) is 6.07 Å². The van der Waals surface area contributed by atoms with Crippen LogP contribution in [0.5, 0.6) is 0 Å². The summed E-state index contributed by atoms with van der Waals surface area (Å²) in [5, 5.41) is 12.1. The lowest BCUT2D eigenvalue weighted by Crippen LogP contribution is -2.26. The predicted molar refractivity (Wildman–Crippen MR) is 60.9 cm³/mol. The first-order valence-corrected chi connectivity index (χ1v) is 6.08. The van der Waals surface area contributed by atoms with Crippen LogP contribution in [0, 0.1) is 5.82 Å². The minimum Gasteiger partial charge on any atom is -0.396 e. The predicted octanol–water partition coefficient (Wildman–Crippen LogP) is 2.48. The molecule has 82 valence electrons. The fourth-order valence-corrected chi connectivity index (χ4v) is 2.79. The summed E-state index contributed by atoms with van der Waals surface area (Å²) in [5.41, 5.74) is 1.01. The molecule has 0 aliphatic carbocycles. The molecule has 0 radical (unpaired) electrons. The van der Waals surface area contributed by atoms with Gasteiger partial charge in [0, 0.05) is 29.0 Å². The minimum atomic E-state index is -0.183. The van der Waals surface area contributed by atoms with Gasteiger partial charge < -0.3 is 10.4 Å². The summed E-state index contributed by atoms with van der Waals surface area (Å²) < 4.78 is 12.9. The molecule has 0 saturated carbocycles. The molecule has 0 amide bonds. The molecule has 1 aromatic rings. The van der Waals surface area contributed by atoms with Gasteiger partial charge in [0.25, 0.3) is 0 Å². The normalized spacial score (nSPS) is 19.5. The van der Waals surface area contributed by atoms with Crippen LogP contribution < -0.4 is 5.32 Å². The Morgan fingerprint density at radius 3 is 3.20 bits per heavy atom. The molecule has 1 aromatic carbocycles. The molecule has 0 saturated heterocycles. The van der Waals surface area contributed by atoms with Crippen LogP contribution in [-0.2, 0) is 0 Å². The molecule has 0 spiro atoms. The highest BCUT2D eigenvalue weighted by Gasteiger charge is 2.17. The Kier molecular flexibility index (Phi) is 3.49. The highest BCUT2D eigenvalue weighted by atomic mass is 32.2. The molecule has 1 heterocycles. The zero-order valence-electron chi connectivity index (χ0n) is 8.37. The summed E-state index contributed by atoms with van der Waals surface area (Å²) >= 11 is 1.68. The molecule has 2 N–H and O–H groups in total. The van der Waals surface area contributed by atoms with E-state index < -0.39 is 0 Å². The summed E-state index contributed by atoms with van der Waals surface area (Å²) in [7, 11) is 0. The first kappa shape index (κ1) is 10.8. The van der Waals surface area contributed by atoms with E-state index in [0.29, 0.717) is 6.04 Å². The molecule has 1 aliphatic heterocycles. The lowest BCUT2D eigenvalue weighted by molar-refractivity contribution is 0.282. The molecule has 15 heavy (non-hydrogen) atoms. The second-order valence-electron chi connectivity index (χ2n) is 3.66. The Morgan fingerprint density at radius 2 is 2.40 bits per heavy atom. The first-order valence-electron chi connectivity index (χ1n) is 5.09. The number of halogens is 1. The Morgan fingerprint density at radius 1 is 1.53 bits per heavy atom. The van der Waals surface area contributed by atoms with E-state index in [2.05, 4.69) is 5.32 Å². The van der Waals surface area contributed by atoms with E-state index in [1.54, 1.807) is 23.9 Å². The summed E-state index contributed by atoms with van der Waals surface area (Å²) in [6.45, 7) is 0.235. The topological polar surface area (TPSA) is 32.3 Å². The SMILES string of the molecule is OCCCC1CSc2cc(F)ccc2N1.